The number of aromatic nitrogens is 2. The van der Waals surface area contributed by atoms with Gasteiger partial charge in [-0.2, -0.15) is 0 Å². The van der Waals surface area contributed by atoms with E-state index in [4.69, 9.17) is 0 Å². The van der Waals surface area contributed by atoms with Crippen LogP contribution in [0.4, 0.5) is 5.82 Å². The summed E-state index contributed by atoms with van der Waals surface area (Å²) in [4.78, 5) is 25.5. The van der Waals surface area contributed by atoms with Gasteiger partial charge in [-0.1, -0.05) is 6.42 Å². The standard InChI is InChI=1S/C17H24N4O/c22-17(20-7-2-1-3-8-20)14-10-21(11-14)16-9-15(18-12-19-16)13-5-4-6-13/h9,12-14H,1-8,10-11H2. The summed E-state index contributed by atoms with van der Waals surface area (Å²) in [7, 11) is 0. The monoisotopic (exact) mass is 300 g/mol. The van der Waals surface area contributed by atoms with Crippen molar-refractivity contribution in [2.24, 2.45) is 5.92 Å². The van der Waals surface area contributed by atoms with Crippen LogP contribution < -0.4 is 4.90 Å². The first-order valence-corrected chi connectivity index (χ1v) is 8.67. The molecule has 3 fully saturated rings. The second-order valence-electron chi connectivity index (χ2n) is 6.92. The average Bonchev–Trinajstić information content (AvgIpc) is 2.45. The number of hydrogen-bond acceptors (Lipinski definition) is 4. The van der Waals surface area contributed by atoms with Crippen molar-refractivity contribution in [1.29, 1.82) is 0 Å². The Kier molecular flexibility index (Phi) is 3.72. The van der Waals surface area contributed by atoms with E-state index in [1.807, 2.05) is 0 Å². The molecule has 1 aromatic rings. The fourth-order valence-corrected chi connectivity index (χ4v) is 3.66. The minimum atomic E-state index is 0.167. The first-order chi connectivity index (χ1) is 10.8. The number of carbonyl (C=O) groups is 1. The van der Waals surface area contributed by atoms with Gasteiger partial charge in [-0.05, 0) is 32.1 Å². The van der Waals surface area contributed by atoms with Gasteiger partial charge in [0, 0.05) is 43.9 Å². The fourth-order valence-electron chi connectivity index (χ4n) is 3.66. The molecule has 3 aliphatic rings. The molecule has 1 amide bonds. The van der Waals surface area contributed by atoms with Gasteiger partial charge in [0.2, 0.25) is 5.91 Å². The van der Waals surface area contributed by atoms with E-state index < -0.39 is 0 Å². The first-order valence-electron chi connectivity index (χ1n) is 8.67. The third-order valence-corrected chi connectivity index (χ3v) is 5.42. The van der Waals surface area contributed by atoms with Crippen molar-refractivity contribution in [2.75, 3.05) is 31.1 Å². The third kappa shape index (κ3) is 2.57. The topological polar surface area (TPSA) is 49.3 Å². The van der Waals surface area contributed by atoms with Gasteiger partial charge in [0.1, 0.15) is 12.1 Å². The third-order valence-electron chi connectivity index (χ3n) is 5.42. The van der Waals surface area contributed by atoms with Crippen LogP contribution in [0, 0.1) is 5.92 Å². The Labute approximate surface area is 131 Å². The maximum absolute atomic E-state index is 12.5. The number of nitrogens with zero attached hydrogens (tertiary/aromatic N) is 4. The maximum atomic E-state index is 12.5. The van der Waals surface area contributed by atoms with E-state index in [0.29, 0.717) is 11.8 Å². The fraction of sp³-hybridized carbons (Fsp3) is 0.706. The van der Waals surface area contributed by atoms with Crippen LogP contribution in [-0.4, -0.2) is 47.0 Å². The van der Waals surface area contributed by atoms with Crippen LogP contribution in [0.5, 0.6) is 0 Å². The average molecular weight is 300 g/mol. The van der Waals surface area contributed by atoms with Crippen LogP contribution in [0.3, 0.4) is 0 Å². The number of likely N-dealkylation sites (tertiary alicyclic amines) is 1. The van der Waals surface area contributed by atoms with Crippen molar-refractivity contribution in [2.45, 2.75) is 44.4 Å². The number of piperidine rings is 1. The van der Waals surface area contributed by atoms with Crippen molar-refractivity contribution in [3.8, 4) is 0 Å². The Morgan fingerprint density at radius 2 is 1.82 bits per heavy atom. The lowest BCUT2D eigenvalue weighted by Gasteiger charge is -2.42. The molecule has 1 saturated carbocycles. The van der Waals surface area contributed by atoms with E-state index in [9.17, 15) is 4.79 Å². The number of hydrogen-bond donors (Lipinski definition) is 0. The van der Waals surface area contributed by atoms with Crippen molar-refractivity contribution in [3.05, 3.63) is 18.1 Å². The lowest BCUT2D eigenvalue weighted by atomic mass is 9.83. The van der Waals surface area contributed by atoms with E-state index in [0.717, 1.165) is 32.0 Å². The molecule has 0 radical (unpaired) electrons. The lowest BCUT2D eigenvalue weighted by molar-refractivity contribution is -0.137. The molecular formula is C17H24N4O. The zero-order valence-electron chi connectivity index (χ0n) is 13.1. The highest BCUT2D eigenvalue weighted by atomic mass is 16.2. The summed E-state index contributed by atoms with van der Waals surface area (Å²) in [5.41, 5.74) is 1.18. The summed E-state index contributed by atoms with van der Waals surface area (Å²) in [5, 5.41) is 0. The van der Waals surface area contributed by atoms with E-state index >= 15 is 0 Å². The highest BCUT2D eigenvalue weighted by Gasteiger charge is 2.36. The molecule has 0 spiro atoms. The van der Waals surface area contributed by atoms with Gasteiger partial charge in [-0.25, -0.2) is 9.97 Å². The second-order valence-corrected chi connectivity index (χ2v) is 6.92. The van der Waals surface area contributed by atoms with Gasteiger partial charge in [0.25, 0.3) is 0 Å². The van der Waals surface area contributed by atoms with Crippen molar-refractivity contribution in [3.63, 3.8) is 0 Å². The molecule has 4 rings (SSSR count). The maximum Gasteiger partial charge on any atom is 0.229 e. The molecule has 0 atom stereocenters. The van der Waals surface area contributed by atoms with E-state index in [2.05, 4.69) is 25.8 Å². The Hall–Kier alpha value is -1.65. The van der Waals surface area contributed by atoms with Gasteiger partial charge in [0.05, 0.1) is 5.92 Å². The molecule has 3 heterocycles. The molecule has 118 valence electrons. The largest absolute Gasteiger partial charge is 0.355 e. The Morgan fingerprint density at radius 3 is 2.50 bits per heavy atom. The van der Waals surface area contributed by atoms with Crippen LogP contribution in [0.15, 0.2) is 12.4 Å². The van der Waals surface area contributed by atoms with Gasteiger partial charge < -0.3 is 9.80 Å². The summed E-state index contributed by atoms with van der Waals surface area (Å²) >= 11 is 0. The van der Waals surface area contributed by atoms with Gasteiger partial charge >= 0.3 is 0 Å². The molecule has 5 heteroatoms. The van der Waals surface area contributed by atoms with E-state index in [-0.39, 0.29) is 5.92 Å². The molecule has 0 bridgehead atoms. The quantitative estimate of drug-likeness (QED) is 0.858. The number of carbonyl (C=O) groups excluding carboxylic acids is 1. The zero-order valence-corrected chi connectivity index (χ0v) is 13.1. The van der Waals surface area contributed by atoms with Gasteiger partial charge in [-0.3, -0.25) is 4.79 Å². The summed E-state index contributed by atoms with van der Waals surface area (Å²) in [6.45, 7) is 3.54. The summed E-state index contributed by atoms with van der Waals surface area (Å²) in [6, 6.07) is 2.13. The normalized spacial score (nSPS) is 23.1. The molecular weight excluding hydrogens is 276 g/mol. The van der Waals surface area contributed by atoms with Crippen LogP contribution in [0.2, 0.25) is 0 Å². The summed E-state index contributed by atoms with van der Waals surface area (Å²) < 4.78 is 0. The number of rotatable bonds is 3. The van der Waals surface area contributed by atoms with Crippen molar-refractivity contribution >= 4 is 11.7 Å². The molecule has 0 unspecified atom stereocenters. The lowest BCUT2D eigenvalue weighted by Crippen LogP contribution is -2.55. The summed E-state index contributed by atoms with van der Waals surface area (Å²) in [6.07, 6.45) is 9.12. The molecule has 2 saturated heterocycles. The minimum absolute atomic E-state index is 0.167. The van der Waals surface area contributed by atoms with Gasteiger partial charge in [-0.15, -0.1) is 0 Å². The van der Waals surface area contributed by atoms with Crippen molar-refractivity contribution in [1.82, 2.24) is 14.9 Å². The van der Waals surface area contributed by atoms with Crippen LogP contribution in [-0.2, 0) is 4.79 Å². The number of amides is 1. The van der Waals surface area contributed by atoms with Gasteiger partial charge in [0.15, 0.2) is 0 Å². The highest BCUT2D eigenvalue weighted by molar-refractivity contribution is 5.82. The predicted octanol–water partition coefficient (Wildman–Crippen LogP) is 2.19. The SMILES string of the molecule is O=C(C1CN(c2cc(C3CCC3)ncn2)C1)N1CCCCC1. The van der Waals surface area contributed by atoms with E-state index in [1.165, 1.54) is 44.2 Å². The molecule has 5 nitrogen and oxygen atoms in total. The molecule has 0 N–H and O–H groups in total. The van der Waals surface area contributed by atoms with Crippen molar-refractivity contribution < 1.29 is 4.79 Å². The second kappa shape index (κ2) is 5.86. The Balaban J connectivity index is 1.35. The van der Waals surface area contributed by atoms with E-state index in [1.54, 1.807) is 6.33 Å². The summed E-state index contributed by atoms with van der Waals surface area (Å²) in [5.74, 6) is 2.15. The molecule has 2 aliphatic heterocycles. The minimum Gasteiger partial charge on any atom is -0.355 e. The van der Waals surface area contributed by atoms with Crippen LogP contribution in [0.25, 0.3) is 0 Å². The Bertz CT molecular complexity index is 545. The van der Waals surface area contributed by atoms with Crippen LogP contribution in [0.1, 0.15) is 50.1 Å². The highest BCUT2D eigenvalue weighted by Crippen LogP contribution is 2.36. The number of anilines is 1. The zero-order chi connectivity index (χ0) is 14.9. The smallest absolute Gasteiger partial charge is 0.229 e. The molecule has 22 heavy (non-hydrogen) atoms. The Morgan fingerprint density at radius 1 is 1.05 bits per heavy atom. The predicted molar refractivity (Wildman–Crippen MR) is 84.8 cm³/mol. The molecule has 1 aliphatic carbocycles. The molecule has 0 aromatic carbocycles. The molecule has 1 aromatic heterocycles. The first kappa shape index (κ1) is 14.0. The van der Waals surface area contributed by atoms with Crippen LogP contribution >= 0.6 is 0 Å².